The van der Waals surface area contributed by atoms with Crippen molar-refractivity contribution in [2.24, 2.45) is 0 Å². The van der Waals surface area contributed by atoms with Crippen LogP contribution in [-0.4, -0.2) is 21.3 Å². The molecule has 1 aliphatic heterocycles. The van der Waals surface area contributed by atoms with E-state index in [2.05, 4.69) is 4.98 Å². The number of aromatic nitrogens is 3. The number of pyridine rings is 1. The third kappa shape index (κ3) is 1.95. The molecule has 3 heterocycles. The lowest BCUT2D eigenvalue weighted by atomic mass is 10.2. The second-order valence-electron chi connectivity index (χ2n) is 5.52. The van der Waals surface area contributed by atoms with E-state index in [1.54, 1.807) is 6.20 Å². The van der Waals surface area contributed by atoms with Crippen LogP contribution in [0, 0.1) is 0 Å². The van der Waals surface area contributed by atoms with Gasteiger partial charge in [-0.3, -0.25) is 4.57 Å². The van der Waals surface area contributed by atoms with Gasteiger partial charge in [-0.2, -0.15) is 0 Å². The summed E-state index contributed by atoms with van der Waals surface area (Å²) in [6, 6.07) is 19.8. The van der Waals surface area contributed by atoms with Gasteiger partial charge in [-0.15, -0.1) is 0 Å². The number of fused-ring (bicyclic) bond motifs is 2. The molecular weight excluding hydrogens is 302 g/mol. The van der Waals surface area contributed by atoms with Crippen LogP contribution in [-0.2, 0) is 0 Å². The molecule has 5 rings (SSSR count). The molecule has 4 aromatic rings. The van der Waals surface area contributed by atoms with E-state index in [1.165, 1.54) is 0 Å². The lowest BCUT2D eigenvalue weighted by molar-refractivity contribution is 0.174. The van der Waals surface area contributed by atoms with Gasteiger partial charge in [-0.1, -0.05) is 30.3 Å². The van der Waals surface area contributed by atoms with Crippen molar-refractivity contribution in [2.75, 3.05) is 6.79 Å². The van der Waals surface area contributed by atoms with Crippen LogP contribution in [0.5, 0.6) is 11.5 Å². The van der Waals surface area contributed by atoms with Gasteiger partial charge in [-0.05, 0) is 24.3 Å². The fourth-order valence-electron chi connectivity index (χ4n) is 2.96. The summed E-state index contributed by atoms with van der Waals surface area (Å²) in [6.07, 6.45) is 1.78. The molecule has 0 fully saturated rings. The van der Waals surface area contributed by atoms with E-state index >= 15 is 0 Å². The molecule has 0 saturated heterocycles. The van der Waals surface area contributed by atoms with Gasteiger partial charge < -0.3 is 9.47 Å². The lowest BCUT2D eigenvalue weighted by Crippen LogP contribution is -1.98. The van der Waals surface area contributed by atoms with Gasteiger partial charge in [-0.25, -0.2) is 9.97 Å². The predicted molar refractivity (Wildman–Crippen MR) is 90.4 cm³/mol. The van der Waals surface area contributed by atoms with Gasteiger partial charge in [0.15, 0.2) is 17.1 Å². The first-order chi connectivity index (χ1) is 11.9. The lowest BCUT2D eigenvalue weighted by Gasteiger charge is -2.09. The van der Waals surface area contributed by atoms with Crippen LogP contribution in [0.3, 0.4) is 0 Å². The fraction of sp³-hybridized carbons (Fsp3) is 0.0526. The van der Waals surface area contributed by atoms with Crippen molar-refractivity contribution >= 4 is 11.2 Å². The summed E-state index contributed by atoms with van der Waals surface area (Å²) in [7, 11) is 0. The van der Waals surface area contributed by atoms with E-state index < -0.39 is 0 Å². The first-order valence-electron chi connectivity index (χ1n) is 7.69. The molecule has 5 nitrogen and oxygen atoms in total. The molecule has 0 saturated carbocycles. The highest BCUT2D eigenvalue weighted by Crippen LogP contribution is 2.36. The first kappa shape index (κ1) is 13.1. The highest BCUT2D eigenvalue weighted by molar-refractivity contribution is 5.80. The zero-order chi connectivity index (χ0) is 15.9. The second kappa shape index (κ2) is 5.09. The highest BCUT2D eigenvalue weighted by atomic mass is 16.7. The van der Waals surface area contributed by atoms with E-state index in [4.69, 9.17) is 14.5 Å². The number of hydrogen-bond donors (Lipinski definition) is 0. The number of hydrogen-bond acceptors (Lipinski definition) is 4. The monoisotopic (exact) mass is 315 g/mol. The molecule has 0 radical (unpaired) electrons. The van der Waals surface area contributed by atoms with Gasteiger partial charge in [0.25, 0.3) is 0 Å². The molecule has 24 heavy (non-hydrogen) atoms. The zero-order valence-corrected chi connectivity index (χ0v) is 12.7. The van der Waals surface area contributed by atoms with E-state index in [9.17, 15) is 0 Å². The Morgan fingerprint density at radius 2 is 1.75 bits per heavy atom. The maximum atomic E-state index is 5.52. The fourth-order valence-corrected chi connectivity index (χ4v) is 2.96. The SMILES string of the molecule is c1ccc(-c2nc3cccnc3n2-c2ccc3c(c2)OCO3)cc1. The summed E-state index contributed by atoms with van der Waals surface area (Å²) in [5.74, 6) is 2.35. The van der Waals surface area contributed by atoms with Gasteiger partial charge in [0.1, 0.15) is 11.3 Å². The van der Waals surface area contributed by atoms with Crippen molar-refractivity contribution in [2.45, 2.75) is 0 Å². The summed E-state index contributed by atoms with van der Waals surface area (Å²) in [4.78, 5) is 9.31. The first-order valence-corrected chi connectivity index (χ1v) is 7.69. The summed E-state index contributed by atoms with van der Waals surface area (Å²) < 4.78 is 13.0. The summed E-state index contributed by atoms with van der Waals surface area (Å²) in [5, 5.41) is 0. The van der Waals surface area contributed by atoms with Crippen LogP contribution in [0.2, 0.25) is 0 Å². The molecule has 0 amide bonds. The molecule has 2 aromatic carbocycles. The Hall–Kier alpha value is -3.34. The molecular formula is C19H13N3O2. The molecule has 0 spiro atoms. The van der Waals surface area contributed by atoms with Crippen LogP contribution in [0.1, 0.15) is 0 Å². The van der Waals surface area contributed by atoms with Gasteiger partial charge in [0.2, 0.25) is 6.79 Å². The van der Waals surface area contributed by atoms with Crippen LogP contribution in [0.4, 0.5) is 0 Å². The Balaban J connectivity index is 1.80. The van der Waals surface area contributed by atoms with Crippen LogP contribution >= 0.6 is 0 Å². The topological polar surface area (TPSA) is 49.2 Å². The molecule has 0 aliphatic carbocycles. The molecule has 0 atom stereocenters. The van der Waals surface area contributed by atoms with E-state index in [-0.39, 0.29) is 6.79 Å². The maximum Gasteiger partial charge on any atom is 0.231 e. The van der Waals surface area contributed by atoms with Crippen molar-refractivity contribution in [1.82, 2.24) is 14.5 Å². The van der Waals surface area contributed by atoms with Crippen molar-refractivity contribution in [3.63, 3.8) is 0 Å². The minimum absolute atomic E-state index is 0.257. The Morgan fingerprint density at radius 1 is 0.875 bits per heavy atom. The van der Waals surface area contributed by atoms with Crippen molar-refractivity contribution in [3.8, 4) is 28.6 Å². The van der Waals surface area contributed by atoms with Crippen LogP contribution < -0.4 is 9.47 Å². The molecule has 1 aliphatic rings. The predicted octanol–water partition coefficient (Wildman–Crippen LogP) is 3.82. The molecule has 0 N–H and O–H groups in total. The van der Waals surface area contributed by atoms with Gasteiger partial charge in [0.05, 0.1) is 5.69 Å². The zero-order valence-electron chi connectivity index (χ0n) is 12.7. The van der Waals surface area contributed by atoms with Crippen molar-refractivity contribution in [3.05, 3.63) is 66.9 Å². The Morgan fingerprint density at radius 3 is 2.67 bits per heavy atom. The summed E-state index contributed by atoms with van der Waals surface area (Å²) in [5.41, 5.74) is 3.65. The third-order valence-corrected chi connectivity index (χ3v) is 4.06. The van der Waals surface area contributed by atoms with E-state index in [0.717, 1.165) is 39.7 Å². The Bertz CT molecular complexity index is 1040. The number of rotatable bonds is 2. The molecule has 5 heteroatoms. The number of imidazole rings is 1. The van der Waals surface area contributed by atoms with Gasteiger partial charge in [0, 0.05) is 17.8 Å². The maximum absolute atomic E-state index is 5.52. The highest BCUT2D eigenvalue weighted by Gasteiger charge is 2.18. The molecule has 2 aromatic heterocycles. The quantitative estimate of drug-likeness (QED) is 0.564. The normalized spacial score (nSPS) is 12.7. The van der Waals surface area contributed by atoms with Crippen molar-refractivity contribution < 1.29 is 9.47 Å². The number of nitrogens with zero attached hydrogens (tertiary/aromatic N) is 3. The van der Waals surface area contributed by atoms with E-state index in [1.807, 2.05) is 65.2 Å². The summed E-state index contributed by atoms with van der Waals surface area (Å²) in [6.45, 7) is 0.257. The molecule has 0 unspecified atom stereocenters. The third-order valence-electron chi connectivity index (χ3n) is 4.06. The number of ether oxygens (including phenoxy) is 2. The molecule has 0 bridgehead atoms. The van der Waals surface area contributed by atoms with Gasteiger partial charge >= 0.3 is 0 Å². The standard InChI is InChI=1S/C19H13N3O2/c1-2-5-13(6-3-1)18-21-15-7-4-10-20-19(15)22(18)14-8-9-16-17(11-14)24-12-23-16/h1-11H,12H2. The second-order valence-corrected chi connectivity index (χ2v) is 5.52. The summed E-state index contributed by atoms with van der Waals surface area (Å²) >= 11 is 0. The van der Waals surface area contributed by atoms with E-state index in [0.29, 0.717) is 0 Å². The minimum Gasteiger partial charge on any atom is -0.454 e. The van der Waals surface area contributed by atoms with Crippen LogP contribution in [0.25, 0.3) is 28.2 Å². The minimum atomic E-state index is 0.257. The smallest absolute Gasteiger partial charge is 0.231 e. The Kier molecular flexibility index (Phi) is 2.79. The largest absolute Gasteiger partial charge is 0.454 e. The van der Waals surface area contributed by atoms with Crippen LogP contribution in [0.15, 0.2) is 66.9 Å². The van der Waals surface area contributed by atoms with Crippen molar-refractivity contribution in [1.29, 1.82) is 0 Å². The average Bonchev–Trinajstić information content (AvgIpc) is 3.26. The molecule has 116 valence electrons. The Labute approximate surface area is 138 Å². The number of benzene rings is 2. The average molecular weight is 315 g/mol.